The third kappa shape index (κ3) is 30.9. The Bertz CT molecular complexity index is 181. The van der Waals surface area contributed by atoms with E-state index in [0.29, 0.717) is 0 Å². The molecule has 0 aromatic carbocycles. The van der Waals surface area contributed by atoms with Gasteiger partial charge >= 0.3 is 185 Å². The Balaban J connectivity index is -0.000000192. The molecule has 0 saturated carbocycles. The average molecular weight is 651 g/mol. The van der Waals surface area contributed by atoms with Crippen molar-refractivity contribution in [2.24, 2.45) is 0 Å². The predicted molar refractivity (Wildman–Crippen MR) is 136 cm³/mol. The number of hydrogen-bond acceptors (Lipinski definition) is 0. The van der Waals surface area contributed by atoms with Crippen molar-refractivity contribution < 1.29 is 17.1 Å². The first-order valence-corrected chi connectivity index (χ1v) is 24.5. The second-order valence-corrected chi connectivity index (χ2v) is 25.2. The molecular formula is C24H54CuLiSn2. The van der Waals surface area contributed by atoms with Crippen LogP contribution >= 0.6 is 0 Å². The molecule has 0 aliphatic carbocycles. The molecule has 0 aliphatic heterocycles. The molecule has 0 saturated heterocycles. The van der Waals surface area contributed by atoms with E-state index in [4.69, 9.17) is 0 Å². The van der Waals surface area contributed by atoms with Crippen molar-refractivity contribution >= 4 is 58.4 Å². The van der Waals surface area contributed by atoms with Gasteiger partial charge in [-0.2, -0.15) is 0 Å². The maximum absolute atomic E-state index is 2.33. The monoisotopic (exact) mass is 652 g/mol. The molecule has 170 valence electrons. The van der Waals surface area contributed by atoms with E-state index in [1.54, 1.807) is 26.6 Å². The quantitative estimate of drug-likeness (QED) is 0.130. The maximum Gasteiger partial charge on any atom is 0 e. The van der Waals surface area contributed by atoms with Crippen molar-refractivity contribution in [1.82, 2.24) is 0 Å². The Kier molecular flexibility index (Phi) is 46.6. The van der Waals surface area contributed by atoms with Gasteiger partial charge in [0.2, 0.25) is 0 Å². The molecule has 4 heteroatoms. The molecule has 0 bridgehead atoms. The molecule has 0 fully saturated rings. The molecule has 0 spiro atoms. The van der Waals surface area contributed by atoms with Crippen LogP contribution in [0.25, 0.3) is 0 Å². The summed E-state index contributed by atoms with van der Waals surface area (Å²) in [5.74, 6) is 0. The predicted octanol–water partition coefficient (Wildman–Crippen LogP) is 9.38. The Labute approximate surface area is 218 Å². The molecule has 4 radical (unpaired) electrons. The zero-order chi connectivity index (χ0) is 19.9. The molecule has 0 atom stereocenters. The van der Waals surface area contributed by atoms with Crippen LogP contribution in [0, 0.1) is 0 Å². The molecule has 0 amide bonds. The van der Waals surface area contributed by atoms with E-state index in [1.807, 2.05) is 0 Å². The van der Waals surface area contributed by atoms with Crippen LogP contribution in [0.4, 0.5) is 0 Å². The van der Waals surface area contributed by atoms with E-state index in [-0.39, 0.29) is 35.9 Å². The third-order valence-electron chi connectivity index (χ3n) is 5.30. The fraction of sp³-hybridized carbons (Fsp3) is 1.00. The van der Waals surface area contributed by atoms with Crippen LogP contribution in [0.15, 0.2) is 0 Å². The Morgan fingerprint density at radius 2 is 0.500 bits per heavy atom. The van der Waals surface area contributed by atoms with Crippen molar-refractivity contribution in [3.8, 4) is 0 Å². The van der Waals surface area contributed by atoms with Crippen LogP contribution in [-0.4, -0.2) is 58.4 Å². The summed E-state index contributed by atoms with van der Waals surface area (Å²) in [6.45, 7) is 14.0. The van der Waals surface area contributed by atoms with Gasteiger partial charge < -0.3 is 0 Å². The van der Waals surface area contributed by atoms with E-state index >= 15 is 0 Å². The number of rotatable bonds is 18. The smallest absolute Gasteiger partial charge is 0 e. The molecular weight excluding hydrogens is 596 g/mol. The zero-order valence-electron chi connectivity index (χ0n) is 21.0. The van der Waals surface area contributed by atoms with Gasteiger partial charge in [-0.3, -0.25) is 0 Å². The topological polar surface area (TPSA) is 0 Å². The summed E-state index contributed by atoms with van der Waals surface area (Å²) >= 11 is -1.68. The van der Waals surface area contributed by atoms with Gasteiger partial charge in [-0.15, -0.1) is 0 Å². The second kappa shape index (κ2) is 34.3. The zero-order valence-corrected chi connectivity index (χ0v) is 27.7. The van der Waals surface area contributed by atoms with Gasteiger partial charge in [0.05, 0.1) is 0 Å². The largest absolute Gasteiger partial charge is 0 e. The van der Waals surface area contributed by atoms with Gasteiger partial charge in [0.15, 0.2) is 0 Å². The van der Waals surface area contributed by atoms with Crippen LogP contribution in [0.1, 0.15) is 119 Å². The minimum Gasteiger partial charge on any atom is 0 e. The summed E-state index contributed by atoms with van der Waals surface area (Å²) in [4.78, 5) is 0. The van der Waals surface area contributed by atoms with Gasteiger partial charge in [0.1, 0.15) is 0 Å². The van der Waals surface area contributed by atoms with Gasteiger partial charge in [-0.05, 0) is 0 Å². The standard InChI is InChI=1S/6C4H9.Cu.Li.2Sn/c6*1-3-4-2;;;;/h6*1,3-4H2,2H3;;;;. The minimum absolute atomic E-state index is 0. The van der Waals surface area contributed by atoms with Crippen molar-refractivity contribution in [3.05, 3.63) is 0 Å². The van der Waals surface area contributed by atoms with Gasteiger partial charge in [-0.25, -0.2) is 0 Å². The summed E-state index contributed by atoms with van der Waals surface area (Å²) in [7, 11) is 0. The molecule has 0 rings (SSSR count). The SMILES string of the molecule is CCC[CH2][Sn]([CH2]CCC)[CH2]CCC.CCC[CH2][Sn]([CH2]CCC)[CH2]CCC.[Cu].[Li]. The summed E-state index contributed by atoms with van der Waals surface area (Å²) in [6, 6.07) is 0. The Hall–Kier alpha value is 2.71. The maximum atomic E-state index is 2.33. The molecule has 0 N–H and O–H groups in total. The molecule has 0 heterocycles. The first-order valence-electron chi connectivity index (χ1n) is 12.4. The fourth-order valence-corrected chi connectivity index (χ4v) is 22.2. The van der Waals surface area contributed by atoms with Gasteiger partial charge in [0, 0.05) is 35.9 Å². The minimum atomic E-state index is -0.839. The summed E-state index contributed by atoms with van der Waals surface area (Å²) in [6.07, 6.45) is 17.7. The van der Waals surface area contributed by atoms with E-state index < -0.39 is 39.5 Å². The molecule has 28 heavy (non-hydrogen) atoms. The van der Waals surface area contributed by atoms with E-state index in [2.05, 4.69) is 41.5 Å². The average Bonchev–Trinajstić information content (AvgIpc) is 2.67. The Morgan fingerprint density at radius 3 is 0.607 bits per heavy atom. The van der Waals surface area contributed by atoms with Gasteiger partial charge in [0.25, 0.3) is 0 Å². The van der Waals surface area contributed by atoms with Crippen LogP contribution in [-0.2, 0) is 17.1 Å². The molecule has 0 aliphatic rings. The molecule has 0 nitrogen and oxygen atoms in total. The number of unbranched alkanes of at least 4 members (excludes halogenated alkanes) is 6. The number of hydrogen-bond donors (Lipinski definition) is 0. The first-order chi connectivity index (χ1) is 12.7. The van der Waals surface area contributed by atoms with E-state index in [9.17, 15) is 0 Å². The third-order valence-corrected chi connectivity index (χ3v) is 23.5. The van der Waals surface area contributed by atoms with Crippen molar-refractivity contribution in [3.63, 3.8) is 0 Å². The fourth-order valence-electron chi connectivity index (χ4n) is 3.31. The second-order valence-electron chi connectivity index (χ2n) is 8.12. The van der Waals surface area contributed by atoms with Crippen molar-refractivity contribution in [2.75, 3.05) is 0 Å². The summed E-state index contributed by atoms with van der Waals surface area (Å²) in [5.41, 5.74) is 0. The van der Waals surface area contributed by atoms with E-state index in [0.717, 1.165) is 0 Å². The van der Waals surface area contributed by atoms with Crippen molar-refractivity contribution in [1.29, 1.82) is 0 Å². The first kappa shape index (κ1) is 38.0. The van der Waals surface area contributed by atoms with Crippen LogP contribution in [0.2, 0.25) is 26.6 Å². The normalized spacial score (nSPS) is 10.3. The van der Waals surface area contributed by atoms with Crippen LogP contribution in [0.5, 0.6) is 0 Å². The summed E-state index contributed by atoms with van der Waals surface area (Å²) < 4.78 is 10.1. The van der Waals surface area contributed by atoms with Crippen molar-refractivity contribution in [2.45, 2.75) is 145 Å². The molecule has 0 aromatic rings. The molecule has 0 aromatic heterocycles. The van der Waals surface area contributed by atoms with E-state index in [1.165, 1.54) is 77.0 Å². The Morgan fingerprint density at radius 1 is 0.357 bits per heavy atom. The molecule has 0 unspecified atom stereocenters. The summed E-state index contributed by atoms with van der Waals surface area (Å²) in [5, 5.41) is 0. The van der Waals surface area contributed by atoms with Gasteiger partial charge in [-0.1, -0.05) is 0 Å². The van der Waals surface area contributed by atoms with Crippen LogP contribution < -0.4 is 0 Å². The van der Waals surface area contributed by atoms with Crippen LogP contribution in [0.3, 0.4) is 0 Å².